The molecule has 98 valence electrons. The van der Waals surface area contributed by atoms with Gasteiger partial charge in [0.2, 0.25) is 5.91 Å². The number of hydrogen-bond acceptors (Lipinski definition) is 3. The first kappa shape index (κ1) is 13.3. The average molecular weight is 268 g/mol. The first-order valence-corrected chi connectivity index (χ1v) is 6.54. The van der Waals surface area contributed by atoms with Gasteiger partial charge in [0.1, 0.15) is 0 Å². The van der Waals surface area contributed by atoms with Gasteiger partial charge >= 0.3 is 0 Å². The van der Waals surface area contributed by atoms with E-state index in [0.717, 1.165) is 43.1 Å². The van der Waals surface area contributed by atoms with Crippen molar-refractivity contribution in [3.05, 3.63) is 34.9 Å². The molecular formula is C13H18ClN3O. The number of nitrogens with zero attached hydrogens (tertiary/aromatic N) is 1. The van der Waals surface area contributed by atoms with Crippen LogP contribution >= 0.6 is 11.6 Å². The lowest BCUT2D eigenvalue weighted by Crippen LogP contribution is -2.42. The molecule has 1 aromatic rings. The summed E-state index contributed by atoms with van der Waals surface area (Å²) in [6.07, 6.45) is 1.71. The Kier molecular flexibility index (Phi) is 4.58. The number of amides is 1. The van der Waals surface area contributed by atoms with Gasteiger partial charge in [-0.15, -0.1) is 0 Å². The van der Waals surface area contributed by atoms with Crippen molar-refractivity contribution in [1.29, 1.82) is 0 Å². The molecule has 0 radical (unpaired) electrons. The van der Waals surface area contributed by atoms with Crippen molar-refractivity contribution in [3.8, 4) is 0 Å². The number of carbonyl (C=O) groups excluding carboxylic acids is 1. The maximum Gasteiger partial charge on any atom is 0.237 e. The third-order valence-electron chi connectivity index (χ3n) is 3.45. The lowest BCUT2D eigenvalue weighted by atomic mass is 9.96. The minimum atomic E-state index is -0.0487. The van der Waals surface area contributed by atoms with Crippen LogP contribution in [-0.4, -0.2) is 23.9 Å². The molecule has 0 spiro atoms. The van der Waals surface area contributed by atoms with Crippen LogP contribution in [0.25, 0.3) is 0 Å². The Hall–Kier alpha value is -1.10. The van der Waals surface area contributed by atoms with E-state index in [1.807, 2.05) is 24.3 Å². The second-order valence-corrected chi connectivity index (χ2v) is 5.06. The standard InChI is InChI=1S/C13H18ClN3O/c14-12-4-2-1-3-11(12)9-17-7-5-10(6-8-17)13(18)16-15/h1-4,10H,5-9,15H2,(H,16,18). The monoisotopic (exact) mass is 267 g/mol. The van der Waals surface area contributed by atoms with Crippen molar-refractivity contribution in [1.82, 2.24) is 10.3 Å². The Morgan fingerprint density at radius 2 is 2.06 bits per heavy atom. The Morgan fingerprint density at radius 1 is 1.39 bits per heavy atom. The summed E-state index contributed by atoms with van der Waals surface area (Å²) in [4.78, 5) is 13.7. The minimum Gasteiger partial charge on any atom is -0.299 e. The number of nitrogens with one attached hydrogen (secondary N) is 1. The van der Waals surface area contributed by atoms with Gasteiger partial charge in [-0.2, -0.15) is 0 Å². The smallest absolute Gasteiger partial charge is 0.237 e. The highest BCUT2D eigenvalue weighted by Crippen LogP contribution is 2.22. The van der Waals surface area contributed by atoms with E-state index in [1.54, 1.807) is 0 Å². The highest BCUT2D eigenvalue weighted by Gasteiger charge is 2.24. The molecule has 0 aromatic heterocycles. The van der Waals surface area contributed by atoms with Crippen LogP contribution in [0.3, 0.4) is 0 Å². The summed E-state index contributed by atoms with van der Waals surface area (Å²) in [5.41, 5.74) is 3.37. The van der Waals surface area contributed by atoms with Gasteiger partial charge in [-0.1, -0.05) is 29.8 Å². The molecule has 1 amide bonds. The summed E-state index contributed by atoms with van der Waals surface area (Å²) in [5.74, 6) is 5.15. The second kappa shape index (κ2) is 6.18. The zero-order valence-corrected chi connectivity index (χ0v) is 11.0. The molecule has 1 aliphatic rings. The molecule has 4 nitrogen and oxygen atoms in total. The number of carbonyl (C=O) groups is 1. The maximum atomic E-state index is 11.4. The van der Waals surface area contributed by atoms with E-state index in [0.29, 0.717) is 0 Å². The number of piperidine rings is 1. The van der Waals surface area contributed by atoms with Gasteiger partial charge in [0.15, 0.2) is 0 Å². The SMILES string of the molecule is NNC(=O)C1CCN(Cc2ccccc2Cl)CC1. The van der Waals surface area contributed by atoms with E-state index in [9.17, 15) is 4.79 Å². The fourth-order valence-corrected chi connectivity index (χ4v) is 2.53. The summed E-state index contributed by atoms with van der Waals surface area (Å²) < 4.78 is 0. The highest BCUT2D eigenvalue weighted by molar-refractivity contribution is 6.31. The topological polar surface area (TPSA) is 58.4 Å². The largest absolute Gasteiger partial charge is 0.299 e. The van der Waals surface area contributed by atoms with E-state index in [4.69, 9.17) is 17.4 Å². The number of hydrazine groups is 1. The maximum absolute atomic E-state index is 11.4. The van der Waals surface area contributed by atoms with Gasteiger partial charge in [-0.3, -0.25) is 15.1 Å². The number of hydrogen-bond donors (Lipinski definition) is 2. The number of benzene rings is 1. The van der Waals surface area contributed by atoms with Crippen LogP contribution in [-0.2, 0) is 11.3 Å². The zero-order valence-electron chi connectivity index (χ0n) is 10.2. The van der Waals surface area contributed by atoms with Gasteiger partial charge in [-0.05, 0) is 37.6 Å². The van der Waals surface area contributed by atoms with Gasteiger partial charge in [0.25, 0.3) is 0 Å². The van der Waals surface area contributed by atoms with Gasteiger partial charge in [0, 0.05) is 17.5 Å². The van der Waals surface area contributed by atoms with Crippen molar-refractivity contribution < 1.29 is 4.79 Å². The molecular weight excluding hydrogens is 250 g/mol. The number of rotatable bonds is 3. The number of nitrogens with two attached hydrogens (primary N) is 1. The van der Waals surface area contributed by atoms with E-state index in [2.05, 4.69) is 10.3 Å². The molecule has 18 heavy (non-hydrogen) atoms. The third kappa shape index (κ3) is 3.22. The van der Waals surface area contributed by atoms with Crippen LogP contribution in [0.15, 0.2) is 24.3 Å². The quantitative estimate of drug-likeness (QED) is 0.496. The summed E-state index contributed by atoms with van der Waals surface area (Å²) in [5, 5.41) is 0.805. The fraction of sp³-hybridized carbons (Fsp3) is 0.462. The van der Waals surface area contributed by atoms with Gasteiger partial charge < -0.3 is 0 Å². The molecule has 0 bridgehead atoms. The van der Waals surface area contributed by atoms with Crippen LogP contribution < -0.4 is 11.3 Å². The van der Waals surface area contributed by atoms with E-state index in [-0.39, 0.29) is 11.8 Å². The average Bonchev–Trinajstić information content (AvgIpc) is 2.41. The molecule has 1 fully saturated rings. The Morgan fingerprint density at radius 3 is 2.67 bits per heavy atom. The summed E-state index contributed by atoms with van der Waals surface area (Å²) in [6, 6.07) is 7.88. The molecule has 0 saturated carbocycles. The second-order valence-electron chi connectivity index (χ2n) is 4.65. The van der Waals surface area contributed by atoms with Gasteiger partial charge in [0.05, 0.1) is 0 Å². The van der Waals surface area contributed by atoms with Crippen molar-refractivity contribution in [3.63, 3.8) is 0 Å². The third-order valence-corrected chi connectivity index (χ3v) is 3.82. The molecule has 1 aromatic carbocycles. The van der Waals surface area contributed by atoms with Crippen molar-refractivity contribution >= 4 is 17.5 Å². The first-order chi connectivity index (χ1) is 8.70. The Labute approximate surface area is 112 Å². The van der Waals surface area contributed by atoms with Crippen molar-refractivity contribution in [2.24, 2.45) is 11.8 Å². The molecule has 5 heteroatoms. The zero-order chi connectivity index (χ0) is 13.0. The normalized spacial score (nSPS) is 17.7. The fourth-order valence-electron chi connectivity index (χ4n) is 2.34. The lowest BCUT2D eigenvalue weighted by Gasteiger charge is -2.31. The van der Waals surface area contributed by atoms with E-state index >= 15 is 0 Å². The molecule has 3 N–H and O–H groups in total. The molecule has 0 atom stereocenters. The van der Waals surface area contributed by atoms with Crippen LogP contribution in [0.5, 0.6) is 0 Å². The Balaban J connectivity index is 1.87. The summed E-state index contributed by atoms with van der Waals surface area (Å²) >= 11 is 6.14. The molecule has 2 rings (SSSR count). The van der Waals surface area contributed by atoms with Crippen LogP contribution in [0.4, 0.5) is 0 Å². The Bertz CT molecular complexity index is 416. The van der Waals surface area contributed by atoms with E-state index < -0.39 is 0 Å². The summed E-state index contributed by atoms with van der Waals surface area (Å²) in [6.45, 7) is 2.66. The minimum absolute atomic E-state index is 0.0487. The first-order valence-electron chi connectivity index (χ1n) is 6.17. The van der Waals surface area contributed by atoms with Crippen LogP contribution in [0, 0.1) is 5.92 Å². The predicted octanol–water partition coefficient (Wildman–Crippen LogP) is 1.54. The summed E-state index contributed by atoms with van der Waals surface area (Å²) in [7, 11) is 0. The lowest BCUT2D eigenvalue weighted by molar-refractivity contribution is -0.126. The molecule has 1 aliphatic heterocycles. The molecule has 1 heterocycles. The van der Waals surface area contributed by atoms with E-state index in [1.165, 1.54) is 0 Å². The number of likely N-dealkylation sites (tertiary alicyclic amines) is 1. The van der Waals surface area contributed by atoms with Crippen molar-refractivity contribution in [2.75, 3.05) is 13.1 Å². The highest BCUT2D eigenvalue weighted by atomic mass is 35.5. The van der Waals surface area contributed by atoms with Crippen molar-refractivity contribution in [2.45, 2.75) is 19.4 Å². The molecule has 1 saturated heterocycles. The predicted molar refractivity (Wildman–Crippen MR) is 71.8 cm³/mol. The molecule has 0 aliphatic carbocycles. The number of halogens is 1. The van der Waals surface area contributed by atoms with Gasteiger partial charge in [-0.25, -0.2) is 5.84 Å². The van der Waals surface area contributed by atoms with Crippen LogP contribution in [0.1, 0.15) is 18.4 Å². The van der Waals surface area contributed by atoms with Crippen LogP contribution in [0.2, 0.25) is 5.02 Å². The molecule has 0 unspecified atom stereocenters.